The minimum Gasteiger partial charge on any atom is -0.465 e. The smallest absolute Gasteiger partial charge is 0.337 e. The highest BCUT2D eigenvalue weighted by Gasteiger charge is 2.37. The molecular formula is C28H31N3O7S. The van der Waals surface area contributed by atoms with Gasteiger partial charge in [-0.3, -0.25) is 9.48 Å². The summed E-state index contributed by atoms with van der Waals surface area (Å²) < 4.78 is 43.3. The summed E-state index contributed by atoms with van der Waals surface area (Å²) in [5.41, 5.74) is 1.95. The van der Waals surface area contributed by atoms with E-state index >= 15 is 0 Å². The van der Waals surface area contributed by atoms with E-state index in [1.165, 1.54) is 7.11 Å². The average Bonchev–Trinajstić information content (AvgIpc) is 3.74. The Labute approximate surface area is 227 Å². The van der Waals surface area contributed by atoms with Crippen LogP contribution in [0.25, 0.3) is 0 Å². The maximum absolute atomic E-state index is 13.4. The number of aromatic nitrogens is 2. The van der Waals surface area contributed by atoms with Gasteiger partial charge in [-0.2, -0.15) is 5.10 Å². The number of esters is 1. The highest BCUT2D eigenvalue weighted by Crippen LogP contribution is 2.34. The molecule has 1 atom stereocenters. The molecule has 1 saturated heterocycles. The Bertz CT molecular complexity index is 1410. The molecule has 1 unspecified atom stereocenters. The third-order valence-corrected chi connectivity index (χ3v) is 9.10. The molecule has 0 spiro atoms. The number of rotatable bonds is 10. The average molecular weight is 554 g/mol. The number of carbonyl (C=O) groups is 2. The monoisotopic (exact) mass is 553 g/mol. The van der Waals surface area contributed by atoms with Gasteiger partial charge in [0, 0.05) is 25.5 Å². The molecular weight excluding hydrogens is 522 g/mol. The third-order valence-electron chi connectivity index (χ3n) is 6.82. The van der Waals surface area contributed by atoms with E-state index in [1.807, 2.05) is 12.1 Å². The van der Waals surface area contributed by atoms with E-state index in [9.17, 15) is 18.0 Å². The summed E-state index contributed by atoms with van der Waals surface area (Å²) >= 11 is 0. The molecule has 39 heavy (non-hydrogen) atoms. The van der Waals surface area contributed by atoms with E-state index in [-0.39, 0.29) is 16.2 Å². The Balaban J connectivity index is 1.29. The number of nitrogens with one attached hydrogen (secondary N) is 1. The zero-order valence-corrected chi connectivity index (χ0v) is 22.4. The lowest BCUT2D eigenvalue weighted by Gasteiger charge is -2.27. The van der Waals surface area contributed by atoms with Crippen molar-refractivity contribution in [3.8, 4) is 0 Å². The molecule has 3 aromatic rings. The Morgan fingerprint density at radius 3 is 2.36 bits per heavy atom. The first-order valence-corrected chi connectivity index (χ1v) is 14.5. The van der Waals surface area contributed by atoms with E-state index < -0.39 is 27.8 Å². The van der Waals surface area contributed by atoms with Crippen molar-refractivity contribution in [1.82, 2.24) is 9.78 Å². The summed E-state index contributed by atoms with van der Waals surface area (Å²) in [5, 5.41) is 6.98. The number of methoxy groups -OCH3 is 1. The molecule has 2 aromatic carbocycles. The van der Waals surface area contributed by atoms with E-state index in [0.29, 0.717) is 62.4 Å². The SMILES string of the molecule is COC(=O)c1ccc(Cn2ccc(NC(=O)C(OC3CCOCC3)c3ccc(S(=O)(=O)C4CC4)cc3)n2)cc1. The van der Waals surface area contributed by atoms with E-state index in [4.69, 9.17) is 14.2 Å². The summed E-state index contributed by atoms with van der Waals surface area (Å²) in [4.78, 5) is 25.3. The van der Waals surface area contributed by atoms with Crippen LogP contribution in [0.5, 0.6) is 0 Å². The van der Waals surface area contributed by atoms with Crippen LogP contribution in [0.3, 0.4) is 0 Å². The number of ether oxygens (including phenoxy) is 3. The molecule has 1 aromatic heterocycles. The van der Waals surface area contributed by atoms with Crippen LogP contribution in [0.1, 0.15) is 53.3 Å². The summed E-state index contributed by atoms with van der Waals surface area (Å²) in [6.07, 6.45) is 3.36. The van der Waals surface area contributed by atoms with Crippen molar-refractivity contribution in [2.24, 2.45) is 0 Å². The minimum absolute atomic E-state index is 0.158. The number of benzene rings is 2. The highest BCUT2D eigenvalue weighted by atomic mass is 32.2. The Hall–Kier alpha value is -3.54. The van der Waals surface area contributed by atoms with Gasteiger partial charge in [0.2, 0.25) is 0 Å². The number of anilines is 1. The van der Waals surface area contributed by atoms with Gasteiger partial charge in [0.1, 0.15) is 0 Å². The number of hydrogen-bond donors (Lipinski definition) is 1. The second-order valence-corrected chi connectivity index (χ2v) is 11.9. The zero-order chi connectivity index (χ0) is 27.4. The molecule has 5 rings (SSSR count). The lowest BCUT2D eigenvalue weighted by atomic mass is 10.1. The summed E-state index contributed by atoms with van der Waals surface area (Å²) in [6, 6.07) is 15.1. The molecule has 11 heteroatoms. The fourth-order valence-corrected chi connectivity index (χ4v) is 6.12. The quantitative estimate of drug-likeness (QED) is 0.378. The molecule has 1 amide bonds. The number of nitrogens with zero attached hydrogens (tertiary/aromatic N) is 2. The van der Waals surface area contributed by atoms with E-state index in [2.05, 4.69) is 10.4 Å². The number of sulfone groups is 1. The maximum atomic E-state index is 13.4. The number of amides is 1. The van der Waals surface area contributed by atoms with Crippen LogP contribution in [-0.4, -0.2) is 61.8 Å². The molecule has 206 valence electrons. The molecule has 2 aliphatic rings. The number of hydrogen-bond acceptors (Lipinski definition) is 8. The van der Waals surface area contributed by atoms with Gasteiger partial charge in [0.15, 0.2) is 21.8 Å². The van der Waals surface area contributed by atoms with Crippen LogP contribution < -0.4 is 5.32 Å². The molecule has 0 radical (unpaired) electrons. The van der Waals surface area contributed by atoms with Crippen molar-refractivity contribution in [3.63, 3.8) is 0 Å². The molecule has 2 heterocycles. The van der Waals surface area contributed by atoms with Gasteiger partial charge in [-0.25, -0.2) is 13.2 Å². The van der Waals surface area contributed by atoms with Crippen molar-refractivity contribution >= 4 is 27.5 Å². The fourth-order valence-electron chi connectivity index (χ4n) is 4.46. The minimum atomic E-state index is -3.33. The van der Waals surface area contributed by atoms with Gasteiger partial charge in [-0.05, 0) is 61.1 Å². The summed E-state index contributed by atoms with van der Waals surface area (Å²) in [7, 11) is -1.99. The van der Waals surface area contributed by atoms with Crippen LogP contribution in [0.15, 0.2) is 65.7 Å². The molecule has 1 saturated carbocycles. The van der Waals surface area contributed by atoms with Crippen molar-refractivity contribution in [2.45, 2.75) is 54.6 Å². The Morgan fingerprint density at radius 2 is 1.72 bits per heavy atom. The first-order chi connectivity index (χ1) is 18.8. The topological polar surface area (TPSA) is 126 Å². The lowest BCUT2D eigenvalue weighted by Crippen LogP contribution is -2.31. The van der Waals surface area contributed by atoms with Gasteiger partial charge < -0.3 is 19.5 Å². The van der Waals surface area contributed by atoms with Crippen molar-refractivity contribution in [1.29, 1.82) is 0 Å². The van der Waals surface area contributed by atoms with E-state index in [1.54, 1.807) is 53.3 Å². The van der Waals surface area contributed by atoms with Crippen LogP contribution in [0, 0.1) is 0 Å². The molecule has 10 nitrogen and oxygen atoms in total. The first-order valence-electron chi connectivity index (χ1n) is 12.9. The van der Waals surface area contributed by atoms with Gasteiger partial charge in [0.25, 0.3) is 5.91 Å². The van der Waals surface area contributed by atoms with Crippen molar-refractivity contribution < 1.29 is 32.2 Å². The van der Waals surface area contributed by atoms with Crippen LogP contribution in [0.2, 0.25) is 0 Å². The fraction of sp³-hybridized carbons (Fsp3) is 0.393. The van der Waals surface area contributed by atoms with Gasteiger partial charge in [0.05, 0.1) is 35.5 Å². The Morgan fingerprint density at radius 1 is 1.03 bits per heavy atom. The normalized spacial score (nSPS) is 16.9. The van der Waals surface area contributed by atoms with Gasteiger partial charge in [-0.1, -0.05) is 24.3 Å². The van der Waals surface area contributed by atoms with Gasteiger partial charge in [-0.15, -0.1) is 0 Å². The Kier molecular flexibility index (Phi) is 8.10. The van der Waals surface area contributed by atoms with Crippen LogP contribution in [-0.2, 0) is 35.4 Å². The van der Waals surface area contributed by atoms with Crippen molar-refractivity contribution in [3.05, 3.63) is 77.5 Å². The van der Waals surface area contributed by atoms with E-state index in [0.717, 1.165) is 5.56 Å². The third kappa shape index (κ3) is 6.55. The second-order valence-electron chi connectivity index (χ2n) is 9.72. The molecule has 1 aliphatic carbocycles. The maximum Gasteiger partial charge on any atom is 0.337 e. The molecule has 0 bridgehead atoms. The van der Waals surface area contributed by atoms with Crippen LogP contribution >= 0.6 is 0 Å². The summed E-state index contributed by atoms with van der Waals surface area (Å²) in [5.74, 6) is -0.436. The first kappa shape index (κ1) is 27.0. The lowest BCUT2D eigenvalue weighted by molar-refractivity contribution is -0.136. The van der Waals surface area contributed by atoms with Crippen molar-refractivity contribution in [2.75, 3.05) is 25.6 Å². The molecule has 1 aliphatic heterocycles. The zero-order valence-electron chi connectivity index (χ0n) is 21.6. The van der Waals surface area contributed by atoms with Gasteiger partial charge >= 0.3 is 5.97 Å². The largest absolute Gasteiger partial charge is 0.465 e. The molecule has 2 fully saturated rings. The number of carbonyl (C=O) groups excluding carboxylic acids is 2. The predicted molar refractivity (Wildman–Crippen MR) is 142 cm³/mol. The van der Waals surface area contributed by atoms with Crippen LogP contribution in [0.4, 0.5) is 5.82 Å². The highest BCUT2D eigenvalue weighted by molar-refractivity contribution is 7.92. The second kappa shape index (κ2) is 11.7. The summed E-state index contributed by atoms with van der Waals surface area (Å²) in [6.45, 7) is 1.56. The standard InChI is InChI=1S/C28H31N3O7S/c1-36-28(33)21-4-2-19(3-5-21)18-31-15-12-25(30-31)29-27(32)26(38-22-13-16-37-17-14-22)20-6-8-23(9-7-20)39(34,35)24-10-11-24/h2-9,12,15,22,24,26H,10-11,13-14,16-18H2,1H3,(H,29,30,32). The molecule has 1 N–H and O–H groups in total. The predicted octanol–water partition coefficient (Wildman–Crippen LogP) is 3.53.